The smallest absolute Gasteiger partial charge is 0.407 e. The van der Waals surface area contributed by atoms with Gasteiger partial charge in [-0.1, -0.05) is 61.4 Å². The van der Waals surface area contributed by atoms with Gasteiger partial charge in [0.1, 0.15) is 12.6 Å². The average molecular weight is 479 g/mol. The molecule has 1 unspecified atom stereocenters. The van der Waals surface area contributed by atoms with Gasteiger partial charge in [0.15, 0.2) is 0 Å². The summed E-state index contributed by atoms with van der Waals surface area (Å²) in [6.07, 6.45) is 2.09. The van der Waals surface area contributed by atoms with Crippen molar-refractivity contribution in [1.29, 1.82) is 0 Å². The predicted octanol–water partition coefficient (Wildman–Crippen LogP) is 3.30. The van der Waals surface area contributed by atoms with Gasteiger partial charge in [-0.3, -0.25) is 4.79 Å². The fraction of sp³-hybridized carbons (Fsp3) is 0.444. The molecule has 1 heterocycles. The third-order valence-corrected chi connectivity index (χ3v) is 7.15. The largest absolute Gasteiger partial charge is 0.480 e. The van der Waals surface area contributed by atoms with Crippen LogP contribution in [0.1, 0.15) is 42.7 Å². The Labute approximate surface area is 204 Å². The van der Waals surface area contributed by atoms with E-state index in [9.17, 15) is 19.5 Å². The summed E-state index contributed by atoms with van der Waals surface area (Å²) in [7, 11) is 0. The van der Waals surface area contributed by atoms with E-state index in [1.54, 1.807) is 0 Å². The third kappa shape index (κ3) is 5.32. The van der Waals surface area contributed by atoms with E-state index >= 15 is 0 Å². The number of carboxylic acid groups (broad SMARTS) is 1. The van der Waals surface area contributed by atoms with E-state index in [1.807, 2.05) is 24.3 Å². The van der Waals surface area contributed by atoms with Crippen LogP contribution in [0, 0.1) is 11.8 Å². The van der Waals surface area contributed by atoms with Crippen molar-refractivity contribution in [3.63, 3.8) is 0 Å². The molecule has 0 spiro atoms. The molecule has 0 radical (unpaired) electrons. The zero-order valence-corrected chi connectivity index (χ0v) is 19.4. The molecule has 5 rings (SSSR count). The Hall–Kier alpha value is -3.39. The molecule has 184 valence electrons. The van der Waals surface area contributed by atoms with Crippen molar-refractivity contribution in [2.75, 3.05) is 19.8 Å². The molecule has 1 saturated carbocycles. The normalized spacial score (nSPS) is 21.6. The fourth-order valence-corrected chi connectivity index (χ4v) is 5.08. The second kappa shape index (κ2) is 10.1. The van der Waals surface area contributed by atoms with Gasteiger partial charge in [0.25, 0.3) is 0 Å². The number of alkyl carbamates (subject to hydrolysis) is 1. The molecule has 8 nitrogen and oxygen atoms in total. The van der Waals surface area contributed by atoms with Crippen molar-refractivity contribution < 1.29 is 29.0 Å². The van der Waals surface area contributed by atoms with E-state index in [1.165, 1.54) is 11.1 Å². The number of ether oxygens (including phenoxy) is 2. The van der Waals surface area contributed by atoms with E-state index in [2.05, 4.69) is 34.9 Å². The Morgan fingerprint density at radius 2 is 1.69 bits per heavy atom. The van der Waals surface area contributed by atoms with Gasteiger partial charge in [0, 0.05) is 12.5 Å². The van der Waals surface area contributed by atoms with Crippen LogP contribution in [-0.2, 0) is 19.1 Å². The molecule has 0 bridgehead atoms. The number of fused-ring (bicyclic) bond motifs is 3. The van der Waals surface area contributed by atoms with Crippen molar-refractivity contribution in [3.05, 3.63) is 59.7 Å². The highest BCUT2D eigenvalue weighted by atomic mass is 16.5. The van der Waals surface area contributed by atoms with Gasteiger partial charge in [-0.05, 0) is 41.0 Å². The lowest BCUT2D eigenvalue weighted by molar-refractivity contribution is -0.142. The van der Waals surface area contributed by atoms with Crippen LogP contribution in [0.5, 0.6) is 0 Å². The highest BCUT2D eigenvalue weighted by Crippen LogP contribution is 2.44. The molecule has 3 N–H and O–H groups in total. The first-order valence-corrected chi connectivity index (χ1v) is 12.2. The van der Waals surface area contributed by atoms with Crippen LogP contribution in [0.3, 0.4) is 0 Å². The number of aliphatic carboxylic acids is 1. The highest BCUT2D eigenvalue weighted by Gasteiger charge is 2.35. The topological polar surface area (TPSA) is 114 Å². The van der Waals surface area contributed by atoms with E-state index in [4.69, 9.17) is 9.47 Å². The van der Waals surface area contributed by atoms with Crippen molar-refractivity contribution in [2.24, 2.45) is 11.8 Å². The van der Waals surface area contributed by atoms with Crippen LogP contribution in [0.15, 0.2) is 48.5 Å². The van der Waals surface area contributed by atoms with E-state index < -0.39 is 24.0 Å². The molecular weight excluding hydrogens is 448 g/mol. The van der Waals surface area contributed by atoms with Crippen LogP contribution in [0.2, 0.25) is 0 Å². The summed E-state index contributed by atoms with van der Waals surface area (Å²) in [5.74, 6) is -1.35. The van der Waals surface area contributed by atoms with Crippen LogP contribution < -0.4 is 10.6 Å². The van der Waals surface area contributed by atoms with Gasteiger partial charge >= 0.3 is 12.1 Å². The number of carbonyl (C=O) groups is 3. The zero-order chi connectivity index (χ0) is 24.4. The first-order chi connectivity index (χ1) is 17.0. The van der Waals surface area contributed by atoms with Crippen molar-refractivity contribution >= 4 is 18.0 Å². The second-order valence-corrected chi connectivity index (χ2v) is 9.67. The van der Waals surface area contributed by atoms with E-state index in [0.717, 1.165) is 24.0 Å². The second-order valence-electron chi connectivity index (χ2n) is 9.67. The lowest BCUT2D eigenvalue weighted by atomic mass is 9.98. The summed E-state index contributed by atoms with van der Waals surface area (Å²) in [6.45, 7) is 0.664. The fourth-order valence-electron chi connectivity index (χ4n) is 5.08. The molecular formula is C27H30N2O6. The SMILES string of the molecule is O=C(NC[C@@H]1C[C@H](C(=O)NC(CC2CC2)C(=O)O)CO1)OCC1c2ccccc2-c2ccccc21. The third-order valence-electron chi connectivity index (χ3n) is 7.15. The molecule has 35 heavy (non-hydrogen) atoms. The number of hydrogen-bond donors (Lipinski definition) is 3. The van der Waals surface area contributed by atoms with Crippen LogP contribution >= 0.6 is 0 Å². The van der Waals surface area contributed by atoms with Crippen molar-refractivity contribution in [2.45, 2.75) is 43.7 Å². The molecule has 2 aliphatic carbocycles. The molecule has 8 heteroatoms. The van der Waals surface area contributed by atoms with E-state index in [-0.39, 0.29) is 37.7 Å². The number of carbonyl (C=O) groups excluding carboxylic acids is 2. The molecule has 2 aromatic rings. The summed E-state index contributed by atoms with van der Waals surface area (Å²) in [5.41, 5.74) is 4.64. The molecule has 3 atom stereocenters. The quantitative estimate of drug-likeness (QED) is 0.510. The number of benzene rings is 2. The summed E-state index contributed by atoms with van der Waals surface area (Å²) in [4.78, 5) is 36.4. The summed E-state index contributed by atoms with van der Waals surface area (Å²) < 4.78 is 11.2. The van der Waals surface area contributed by atoms with Crippen molar-refractivity contribution in [3.8, 4) is 11.1 Å². The minimum atomic E-state index is -1.00. The maximum atomic E-state index is 12.5. The Bertz CT molecular complexity index is 1070. The van der Waals surface area contributed by atoms with E-state index in [0.29, 0.717) is 18.8 Å². The monoisotopic (exact) mass is 478 g/mol. The molecule has 2 aromatic carbocycles. The standard InChI is InChI=1S/C27H30N2O6/c30-25(29-24(26(31)32)11-16-9-10-16)17-12-18(34-14-17)13-28-27(33)35-15-23-21-7-3-1-5-19(21)20-6-2-4-8-22(20)23/h1-8,16-18,23-24H,9-15H2,(H,28,33)(H,29,30)(H,31,32)/t17-,18-,24?/m0/s1. The van der Waals surface area contributed by atoms with Crippen LogP contribution in [0.25, 0.3) is 11.1 Å². The lowest BCUT2D eigenvalue weighted by Gasteiger charge is -2.17. The summed E-state index contributed by atoms with van der Waals surface area (Å²) in [5, 5.41) is 14.8. The highest BCUT2D eigenvalue weighted by molar-refractivity contribution is 5.85. The average Bonchev–Trinajstić information content (AvgIpc) is 3.45. The van der Waals surface area contributed by atoms with Gasteiger partial charge in [0.2, 0.25) is 5.91 Å². The summed E-state index contributed by atoms with van der Waals surface area (Å²) in [6, 6.07) is 15.5. The molecule has 0 aromatic heterocycles. The van der Waals surface area contributed by atoms with Gasteiger partial charge in [-0.2, -0.15) is 0 Å². The van der Waals surface area contributed by atoms with Gasteiger partial charge in [-0.15, -0.1) is 0 Å². The lowest BCUT2D eigenvalue weighted by Crippen LogP contribution is -2.44. The maximum Gasteiger partial charge on any atom is 0.407 e. The number of hydrogen-bond acceptors (Lipinski definition) is 5. The van der Waals surface area contributed by atoms with Crippen LogP contribution in [-0.4, -0.2) is 55.0 Å². The minimum Gasteiger partial charge on any atom is -0.480 e. The summed E-state index contributed by atoms with van der Waals surface area (Å²) >= 11 is 0. The van der Waals surface area contributed by atoms with Gasteiger partial charge < -0.3 is 25.2 Å². The molecule has 2 fully saturated rings. The van der Waals surface area contributed by atoms with Gasteiger partial charge in [-0.25, -0.2) is 9.59 Å². The Kier molecular flexibility index (Phi) is 6.72. The zero-order valence-electron chi connectivity index (χ0n) is 19.4. The van der Waals surface area contributed by atoms with Crippen LogP contribution in [0.4, 0.5) is 4.79 Å². The first-order valence-electron chi connectivity index (χ1n) is 12.2. The Morgan fingerprint density at radius 3 is 2.31 bits per heavy atom. The maximum absolute atomic E-state index is 12.5. The molecule has 2 amide bonds. The number of amides is 2. The number of carboxylic acids is 1. The number of rotatable bonds is 9. The Balaban J connectivity index is 1.08. The molecule has 1 saturated heterocycles. The predicted molar refractivity (Wildman–Crippen MR) is 128 cm³/mol. The first kappa shape index (κ1) is 23.4. The number of nitrogens with one attached hydrogen (secondary N) is 2. The molecule has 3 aliphatic rings. The van der Waals surface area contributed by atoms with Gasteiger partial charge in [0.05, 0.1) is 18.6 Å². The minimum absolute atomic E-state index is 0.0122. The molecule has 1 aliphatic heterocycles. The van der Waals surface area contributed by atoms with Crippen molar-refractivity contribution in [1.82, 2.24) is 10.6 Å². The Morgan fingerprint density at radius 1 is 1.03 bits per heavy atom.